The van der Waals surface area contributed by atoms with E-state index >= 15 is 0 Å². The molecule has 2 aromatic carbocycles. The molecule has 0 aliphatic carbocycles. The lowest BCUT2D eigenvalue weighted by Crippen LogP contribution is -2.15. The number of halogens is 3. The summed E-state index contributed by atoms with van der Waals surface area (Å²) in [7, 11) is -4.13. The van der Waals surface area contributed by atoms with Crippen LogP contribution in [0.5, 0.6) is 0 Å². The second-order valence-electron chi connectivity index (χ2n) is 4.67. The summed E-state index contributed by atoms with van der Waals surface area (Å²) >= 11 is 11.7. The van der Waals surface area contributed by atoms with Crippen LogP contribution in [0.25, 0.3) is 10.9 Å². The van der Waals surface area contributed by atoms with Crippen molar-refractivity contribution in [3.05, 3.63) is 64.5 Å². The third-order valence-electron chi connectivity index (χ3n) is 3.14. The van der Waals surface area contributed by atoms with Gasteiger partial charge in [0, 0.05) is 16.6 Å². The summed E-state index contributed by atoms with van der Waals surface area (Å²) in [6, 6.07) is 9.76. The van der Waals surface area contributed by atoms with Crippen LogP contribution in [0, 0.1) is 5.82 Å². The Labute approximate surface area is 141 Å². The van der Waals surface area contributed by atoms with E-state index in [0.717, 1.165) is 12.1 Å². The van der Waals surface area contributed by atoms with Crippen LogP contribution in [0.1, 0.15) is 0 Å². The van der Waals surface area contributed by atoms with Crippen molar-refractivity contribution in [1.82, 2.24) is 4.98 Å². The van der Waals surface area contributed by atoms with Gasteiger partial charge in [-0.05, 0) is 42.5 Å². The van der Waals surface area contributed by atoms with Crippen molar-refractivity contribution in [3.8, 4) is 0 Å². The maximum atomic E-state index is 13.9. The van der Waals surface area contributed by atoms with Crippen molar-refractivity contribution in [2.24, 2.45) is 0 Å². The van der Waals surface area contributed by atoms with E-state index in [2.05, 4.69) is 9.71 Å². The smallest absolute Gasteiger partial charge is 0.264 e. The lowest BCUT2D eigenvalue weighted by Gasteiger charge is -2.11. The quantitative estimate of drug-likeness (QED) is 0.739. The fourth-order valence-corrected chi connectivity index (χ4v) is 3.61. The summed E-state index contributed by atoms with van der Waals surface area (Å²) in [6.07, 6.45) is 1.51. The number of hydrogen-bond donors (Lipinski definition) is 1. The molecule has 1 N–H and O–H groups in total. The second kappa shape index (κ2) is 5.96. The molecule has 1 heterocycles. The number of hydrogen-bond acceptors (Lipinski definition) is 3. The largest absolute Gasteiger partial charge is 0.277 e. The molecule has 4 nitrogen and oxygen atoms in total. The molecule has 23 heavy (non-hydrogen) atoms. The summed E-state index contributed by atoms with van der Waals surface area (Å²) in [6.45, 7) is 0. The predicted molar refractivity (Wildman–Crippen MR) is 89.0 cm³/mol. The van der Waals surface area contributed by atoms with Gasteiger partial charge in [-0.1, -0.05) is 23.2 Å². The number of aromatic nitrogens is 1. The van der Waals surface area contributed by atoms with Crippen molar-refractivity contribution in [2.45, 2.75) is 4.90 Å². The number of pyridine rings is 1. The number of anilines is 1. The van der Waals surface area contributed by atoms with Gasteiger partial charge in [0.05, 0.1) is 16.2 Å². The van der Waals surface area contributed by atoms with E-state index in [-0.39, 0.29) is 10.7 Å². The number of fused-ring (bicyclic) bond motifs is 1. The van der Waals surface area contributed by atoms with E-state index in [4.69, 9.17) is 23.2 Å². The first kappa shape index (κ1) is 16.0. The standard InChI is InChI=1S/C15H9Cl2FN2O2S/c16-9-3-6-14(12(18)8-9)23(21,22)20-13-5-4-11(17)10-2-1-7-19-15(10)13/h1-8,20H. The molecule has 0 aliphatic rings. The van der Waals surface area contributed by atoms with Gasteiger partial charge in [-0.15, -0.1) is 0 Å². The lowest BCUT2D eigenvalue weighted by molar-refractivity contribution is 0.570. The van der Waals surface area contributed by atoms with Gasteiger partial charge in [0.25, 0.3) is 10.0 Å². The van der Waals surface area contributed by atoms with Gasteiger partial charge in [-0.2, -0.15) is 0 Å². The molecule has 0 spiro atoms. The molecule has 3 aromatic rings. The molecule has 0 aliphatic heterocycles. The highest BCUT2D eigenvalue weighted by atomic mass is 35.5. The molecule has 3 rings (SSSR count). The molecule has 0 amide bonds. The van der Waals surface area contributed by atoms with Crippen molar-refractivity contribution >= 4 is 49.8 Å². The van der Waals surface area contributed by atoms with Crippen LogP contribution in [-0.2, 0) is 10.0 Å². The van der Waals surface area contributed by atoms with Crippen LogP contribution in [0.15, 0.2) is 53.6 Å². The van der Waals surface area contributed by atoms with Gasteiger partial charge < -0.3 is 0 Å². The molecule has 118 valence electrons. The van der Waals surface area contributed by atoms with Gasteiger partial charge in [0.15, 0.2) is 0 Å². The first-order chi connectivity index (χ1) is 10.9. The zero-order chi connectivity index (χ0) is 16.6. The first-order valence-corrected chi connectivity index (χ1v) is 8.63. The maximum Gasteiger partial charge on any atom is 0.264 e. The van der Waals surface area contributed by atoms with Crippen molar-refractivity contribution in [3.63, 3.8) is 0 Å². The fraction of sp³-hybridized carbons (Fsp3) is 0. The van der Waals surface area contributed by atoms with Crippen LogP contribution >= 0.6 is 23.2 Å². The Morgan fingerprint density at radius 3 is 2.61 bits per heavy atom. The Morgan fingerprint density at radius 1 is 1.09 bits per heavy atom. The Balaban J connectivity index is 2.10. The van der Waals surface area contributed by atoms with Crippen LogP contribution in [-0.4, -0.2) is 13.4 Å². The minimum atomic E-state index is -4.13. The van der Waals surface area contributed by atoms with Crippen molar-refractivity contribution in [2.75, 3.05) is 4.72 Å². The van der Waals surface area contributed by atoms with Crippen molar-refractivity contribution in [1.29, 1.82) is 0 Å². The molecule has 0 fully saturated rings. The lowest BCUT2D eigenvalue weighted by atomic mass is 10.2. The van der Waals surface area contributed by atoms with Crippen LogP contribution < -0.4 is 4.72 Å². The molecule has 0 bridgehead atoms. The monoisotopic (exact) mass is 370 g/mol. The third-order valence-corrected chi connectivity index (χ3v) is 5.11. The zero-order valence-electron chi connectivity index (χ0n) is 11.4. The highest BCUT2D eigenvalue weighted by Crippen LogP contribution is 2.30. The molecular weight excluding hydrogens is 362 g/mol. The Kier molecular flexibility index (Phi) is 4.14. The Hall–Kier alpha value is -1.89. The summed E-state index contributed by atoms with van der Waals surface area (Å²) in [5, 5.41) is 1.14. The van der Waals surface area contributed by atoms with Crippen LogP contribution in [0.3, 0.4) is 0 Å². The van der Waals surface area contributed by atoms with Crippen molar-refractivity contribution < 1.29 is 12.8 Å². The topological polar surface area (TPSA) is 59.1 Å². The van der Waals surface area contributed by atoms with Gasteiger partial charge in [-0.25, -0.2) is 12.8 Å². The highest BCUT2D eigenvalue weighted by Gasteiger charge is 2.21. The molecule has 8 heteroatoms. The van der Waals surface area contributed by atoms with E-state index in [9.17, 15) is 12.8 Å². The summed E-state index contributed by atoms with van der Waals surface area (Å²) in [5.41, 5.74) is 0.581. The molecule has 0 atom stereocenters. The Bertz CT molecular complexity index is 1010. The summed E-state index contributed by atoms with van der Waals surface area (Å²) in [5.74, 6) is -0.934. The van der Waals surface area contributed by atoms with E-state index in [1.165, 1.54) is 18.3 Å². The van der Waals surface area contributed by atoms with E-state index in [0.29, 0.717) is 15.9 Å². The van der Waals surface area contributed by atoms with E-state index < -0.39 is 20.7 Å². The van der Waals surface area contributed by atoms with Gasteiger partial charge >= 0.3 is 0 Å². The number of benzene rings is 2. The number of sulfonamides is 1. The molecular formula is C15H9Cl2FN2O2S. The molecule has 1 aromatic heterocycles. The highest BCUT2D eigenvalue weighted by molar-refractivity contribution is 7.92. The third kappa shape index (κ3) is 3.10. The molecule has 0 unspecified atom stereocenters. The number of rotatable bonds is 3. The predicted octanol–water partition coefficient (Wildman–Crippen LogP) is 4.48. The minimum Gasteiger partial charge on any atom is -0.277 e. The van der Waals surface area contributed by atoms with Gasteiger partial charge in [0.2, 0.25) is 0 Å². The maximum absolute atomic E-state index is 13.9. The van der Waals surface area contributed by atoms with Gasteiger partial charge in [-0.3, -0.25) is 9.71 Å². The molecule has 0 saturated carbocycles. The molecule has 0 radical (unpaired) electrons. The van der Waals surface area contributed by atoms with Gasteiger partial charge in [0.1, 0.15) is 10.7 Å². The average molecular weight is 371 g/mol. The van der Waals surface area contributed by atoms with Crippen LogP contribution in [0.2, 0.25) is 10.0 Å². The molecule has 0 saturated heterocycles. The zero-order valence-corrected chi connectivity index (χ0v) is 13.8. The summed E-state index contributed by atoms with van der Waals surface area (Å²) in [4.78, 5) is 3.63. The first-order valence-electron chi connectivity index (χ1n) is 6.39. The van der Waals surface area contributed by atoms with E-state index in [1.54, 1.807) is 18.2 Å². The normalized spacial score (nSPS) is 11.6. The van der Waals surface area contributed by atoms with Crippen LogP contribution in [0.4, 0.5) is 10.1 Å². The SMILES string of the molecule is O=S(=O)(Nc1ccc(Cl)c2cccnc12)c1ccc(Cl)cc1F. The second-order valence-corrected chi connectivity index (χ2v) is 7.17. The van der Waals surface area contributed by atoms with E-state index in [1.807, 2.05) is 0 Å². The average Bonchev–Trinajstić information content (AvgIpc) is 2.50. The minimum absolute atomic E-state index is 0.111. The number of nitrogens with zero attached hydrogens (tertiary/aromatic N) is 1. The fourth-order valence-electron chi connectivity index (χ4n) is 2.11. The Morgan fingerprint density at radius 2 is 1.87 bits per heavy atom. The number of nitrogens with one attached hydrogen (secondary N) is 1. The summed E-state index contributed by atoms with van der Waals surface area (Å²) < 4.78 is 41.0.